The topological polar surface area (TPSA) is 146 Å². The lowest BCUT2D eigenvalue weighted by molar-refractivity contribution is -0.136. The number of carbonyl (C=O) groups is 5. The predicted molar refractivity (Wildman–Crippen MR) is 214 cm³/mol. The molecule has 1 aliphatic carbocycles. The molecule has 0 bridgehead atoms. The third-order valence-electron chi connectivity index (χ3n) is 13.2. The first-order chi connectivity index (χ1) is 27.6. The largest absolute Gasteiger partial charge is 0.372 e. The van der Waals surface area contributed by atoms with Gasteiger partial charge in [-0.15, -0.1) is 0 Å². The number of fused-ring (bicyclic) bond motifs is 3. The lowest BCUT2D eigenvalue weighted by Gasteiger charge is -2.39. The number of anilines is 2. The van der Waals surface area contributed by atoms with Crippen molar-refractivity contribution in [3.8, 4) is 6.07 Å². The van der Waals surface area contributed by atoms with E-state index in [1.54, 1.807) is 0 Å². The summed E-state index contributed by atoms with van der Waals surface area (Å²) in [5, 5.41) is 15.5. The summed E-state index contributed by atoms with van der Waals surface area (Å²) in [6.07, 6.45) is 6.99. The number of amides is 5. The van der Waals surface area contributed by atoms with Gasteiger partial charge >= 0.3 is 0 Å². The normalized spacial score (nSPS) is 25.0. The molecule has 5 aliphatic heterocycles. The maximum absolute atomic E-state index is 13.3. The van der Waals surface area contributed by atoms with Crippen LogP contribution in [0, 0.1) is 17.2 Å². The molecule has 3 aromatic rings. The molecular weight excluding hydrogens is 742 g/mol. The Morgan fingerprint density at radius 1 is 0.895 bits per heavy atom. The van der Waals surface area contributed by atoms with Gasteiger partial charge in [0.15, 0.2) is 0 Å². The van der Waals surface area contributed by atoms with Crippen molar-refractivity contribution in [2.24, 2.45) is 5.92 Å². The minimum absolute atomic E-state index is 0.0309. The van der Waals surface area contributed by atoms with Crippen LogP contribution in [0.15, 0.2) is 48.5 Å². The highest BCUT2D eigenvalue weighted by Gasteiger charge is 2.45. The number of nitrogens with one attached hydrogen (secondary N) is 2. The molecule has 1 unspecified atom stereocenters. The number of hydrogen-bond donors (Lipinski definition) is 2. The summed E-state index contributed by atoms with van der Waals surface area (Å²) < 4.78 is 0. The number of hydrogen-bond acceptors (Lipinski definition) is 9. The van der Waals surface area contributed by atoms with E-state index in [9.17, 15) is 29.2 Å². The van der Waals surface area contributed by atoms with E-state index in [-0.39, 0.29) is 30.7 Å². The zero-order valence-electron chi connectivity index (χ0n) is 32.1. The Kier molecular flexibility index (Phi) is 9.77. The Morgan fingerprint density at radius 2 is 1.56 bits per heavy atom. The Bertz CT molecular complexity index is 2180. The summed E-state index contributed by atoms with van der Waals surface area (Å²) in [7, 11) is 0. The monoisotopic (exact) mass is 787 g/mol. The van der Waals surface area contributed by atoms with Crippen LogP contribution in [0.3, 0.4) is 0 Å². The van der Waals surface area contributed by atoms with E-state index >= 15 is 0 Å². The van der Waals surface area contributed by atoms with Crippen LogP contribution in [0.2, 0.25) is 5.02 Å². The van der Waals surface area contributed by atoms with Crippen molar-refractivity contribution >= 4 is 52.5 Å². The van der Waals surface area contributed by atoms with Crippen LogP contribution in [-0.4, -0.2) is 83.1 Å². The molecule has 0 radical (unpaired) electrons. The molecule has 3 fully saturated rings. The number of halogens is 1. The van der Waals surface area contributed by atoms with Crippen molar-refractivity contribution in [1.29, 1.82) is 5.26 Å². The number of benzene rings is 3. The fraction of sp³-hybridized carbons (Fsp3) is 0.455. The van der Waals surface area contributed by atoms with Crippen LogP contribution < -0.4 is 20.4 Å². The second kappa shape index (κ2) is 14.9. The van der Waals surface area contributed by atoms with Crippen molar-refractivity contribution in [2.75, 3.05) is 29.4 Å². The molecule has 2 N–H and O–H groups in total. The van der Waals surface area contributed by atoms with Gasteiger partial charge in [0.1, 0.15) is 12.1 Å². The van der Waals surface area contributed by atoms with E-state index in [0.717, 1.165) is 97.5 Å². The van der Waals surface area contributed by atoms with Crippen molar-refractivity contribution in [3.63, 3.8) is 0 Å². The molecule has 0 aromatic heterocycles. The molecule has 5 amide bonds. The zero-order valence-corrected chi connectivity index (χ0v) is 32.8. The molecule has 5 heterocycles. The van der Waals surface area contributed by atoms with Crippen LogP contribution in [-0.2, 0) is 29.1 Å². The van der Waals surface area contributed by atoms with Gasteiger partial charge in [-0.25, -0.2) is 0 Å². The number of rotatable bonds is 7. The smallest absolute Gasteiger partial charge is 0.262 e. The van der Waals surface area contributed by atoms with Crippen molar-refractivity contribution < 1.29 is 24.0 Å². The van der Waals surface area contributed by atoms with Gasteiger partial charge in [-0.3, -0.25) is 39.1 Å². The van der Waals surface area contributed by atoms with Gasteiger partial charge in [0, 0.05) is 74.2 Å². The molecule has 1 saturated carbocycles. The second-order valence-electron chi connectivity index (χ2n) is 16.7. The molecular formula is C44H46ClN7O5. The number of imide groups is 2. The third kappa shape index (κ3) is 6.84. The highest BCUT2D eigenvalue weighted by atomic mass is 35.5. The molecule has 57 heavy (non-hydrogen) atoms. The molecule has 2 atom stereocenters. The lowest BCUT2D eigenvalue weighted by Crippen LogP contribution is -2.54. The number of piperidine rings is 2. The van der Waals surface area contributed by atoms with Crippen LogP contribution >= 0.6 is 11.6 Å². The van der Waals surface area contributed by atoms with Crippen LogP contribution in [0.4, 0.5) is 11.4 Å². The van der Waals surface area contributed by atoms with Gasteiger partial charge in [-0.1, -0.05) is 11.6 Å². The average molecular weight is 788 g/mol. The van der Waals surface area contributed by atoms with E-state index in [0.29, 0.717) is 58.4 Å². The fourth-order valence-electron chi connectivity index (χ4n) is 10.2. The molecule has 3 aromatic carbocycles. The molecule has 294 valence electrons. The first kappa shape index (κ1) is 37.3. The van der Waals surface area contributed by atoms with E-state index in [4.69, 9.17) is 11.6 Å². The molecule has 0 spiro atoms. The predicted octanol–water partition coefficient (Wildman–Crippen LogP) is 5.34. The third-order valence-corrected chi connectivity index (χ3v) is 13.6. The highest BCUT2D eigenvalue weighted by Crippen LogP contribution is 2.42. The Labute approximate surface area is 337 Å². The van der Waals surface area contributed by atoms with Crippen molar-refractivity contribution in [2.45, 2.75) is 102 Å². The van der Waals surface area contributed by atoms with E-state index in [1.165, 1.54) is 0 Å². The molecule has 6 aliphatic rings. The quantitative estimate of drug-likeness (QED) is 0.303. The summed E-state index contributed by atoms with van der Waals surface area (Å²) in [5.74, 6) is -1.42. The maximum atomic E-state index is 13.3. The van der Waals surface area contributed by atoms with Crippen LogP contribution in [0.1, 0.15) is 112 Å². The molecule has 13 heteroatoms. The number of nitriles is 1. The van der Waals surface area contributed by atoms with Gasteiger partial charge in [-0.2, -0.15) is 5.26 Å². The second-order valence-corrected chi connectivity index (χ2v) is 17.1. The van der Waals surface area contributed by atoms with Crippen molar-refractivity contribution in [3.05, 3.63) is 92.5 Å². The summed E-state index contributed by atoms with van der Waals surface area (Å²) in [6, 6.07) is 17.6. The SMILES string of the molecule is C[C@H]1Cc2c(ccc(C#N)c2Cl)N1C1CCC(NC(=O)c2ccc(N3CCC(CN4Cc5cc6c(cc5C4)C(=O)N(C4CCC(=O)NC4=O)C6=O)CC3)cc2)CC1. The summed E-state index contributed by atoms with van der Waals surface area (Å²) in [5.41, 5.74) is 7.31. The lowest BCUT2D eigenvalue weighted by atomic mass is 9.89. The van der Waals surface area contributed by atoms with E-state index in [1.807, 2.05) is 36.4 Å². The molecule has 2 saturated heterocycles. The summed E-state index contributed by atoms with van der Waals surface area (Å²) in [6.45, 7) is 6.43. The van der Waals surface area contributed by atoms with E-state index in [2.05, 4.69) is 50.5 Å². The Hall–Kier alpha value is -5.25. The average Bonchev–Trinajstić information content (AvgIpc) is 3.85. The number of nitrogens with zero attached hydrogens (tertiary/aromatic N) is 5. The van der Waals surface area contributed by atoms with Gasteiger partial charge in [-0.05, 0) is 129 Å². The standard InChI is InChI=1S/C44H46ClN7O5/c1-25-18-36-37(11-4-28(21-46)40(36)45)51(25)33-9-5-31(6-10-33)47-41(54)27-2-7-32(8-3-27)50-16-14-26(15-17-50)22-49-23-29-19-34-35(20-30(29)24-49)44(57)52(43(34)56)38-12-13-39(53)48-42(38)55/h2-4,7-8,11,19-20,25-26,31,33,38H,5-6,9-10,12-18,22-24H2,1H3,(H,47,54)(H,48,53,55)/t25-,31?,33?,38?/m0/s1. The van der Waals surface area contributed by atoms with Gasteiger partial charge in [0.2, 0.25) is 11.8 Å². The van der Waals surface area contributed by atoms with Crippen LogP contribution in [0.25, 0.3) is 0 Å². The van der Waals surface area contributed by atoms with Crippen LogP contribution in [0.5, 0.6) is 0 Å². The first-order valence-corrected chi connectivity index (χ1v) is 20.7. The Balaban J connectivity index is 0.733. The van der Waals surface area contributed by atoms with E-state index < -0.39 is 23.8 Å². The van der Waals surface area contributed by atoms with Crippen molar-refractivity contribution in [1.82, 2.24) is 20.4 Å². The molecule has 9 rings (SSSR count). The first-order valence-electron chi connectivity index (χ1n) is 20.3. The Morgan fingerprint density at radius 3 is 2.19 bits per heavy atom. The fourth-order valence-corrected chi connectivity index (χ4v) is 10.5. The van der Waals surface area contributed by atoms with Gasteiger partial charge in [0.05, 0.1) is 21.7 Å². The maximum Gasteiger partial charge on any atom is 0.262 e. The minimum Gasteiger partial charge on any atom is -0.372 e. The van der Waals surface area contributed by atoms with Gasteiger partial charge in [0.25, 0.3) is 17.7 Å². The highest BCUT2D eigenvalue weighted by molar-refractivity contribution is 6.33. The van der Waals surface area contributed by atoms with Gasteiger partial charge < -0.3 is 15.1 Å². The number of carbonyl (C=O) groups excluding carboxylic acids is 5. The minimum atomic E-state index is -0.960. The zero-order chi connectivity index (χ0) is 39.5. The summed E-state index contributed by atoms with van der Waals surface area (Å²) >= 11 is 6.58. The molecule has 12 nitrogen and oxygen atoms in total. The summed E-state index contributed by atoms with van der Waals surface area (Å²) in [4.78, 5) is 72.3.